The molecule has 6 heterocycles. The Kier molecular flexibility index (Phi) is 3.48. The van der Waals surface area contributed by atoms with E-state index in [1.165, 1.54) is 0 Å². The second kappa shape index (κ2) is 6.31. The van der Waals surface area contributed by atoms with Crippen molar-refractivity contribution in [1.82, 2.24) is 44.9 Å². The van der Waals surface area contributed by atoms with Crippen molar-refractivity contribution in [2.75, 3.05) is 0 Å². The van der Waals surface area contributed by atoms with Crippen LogP contribution >= 0.6 is 0 Å². The maximum Gasteiger partial charge on any atom is 0.161 e. The minimum absolute atomic E-state index is 0.630. The minimum Gasteiger partial charge on any atom is -0.321 e. The van der Waals surface area contributed by atoms with Gasteiger partial charge in [0.05, 0.1) is 11.6 Å². The van der Waals surface area contributed by atoms with Crippen molar-refractivity contribution < 1.29 is 0 Å². The van der Waals surface area contributed by atoms with E-state index in [1.807, 2.05) is 56.1 Å². The van der Waals surface area contributed by atoms with E-state index in [-0.39, 0.29) is 0 Å². The van der Waals surface area contributed by atoms with Crippen molar-refractivity contribution in [3.63, 3.8) is 0 Å². The zero-order chi connectivity index (χ0) is 20.1. The fourth-order valence-corrected chi connectivity index (χ4v) is 3.59. The molecule has 0 bridgehead atoms. The highest BCUT2D eigenvalue weighted by atomic mass is 15.2. The van der Waals surface area contributed by atoms with Crippen LogP contribution in [0, 0.1) is 0 Å². The number of fused-ring (bicyclic) bond motifs is 2. The Balaban J connectivity index is 1.52. The first-order valence-corrected chi connectivity index (χ1v) is 9.35. The lowest BCUT2D eigenvalue weighted by molar-refractivity contribution is 0.768. The molecule has 30 heavy (non-hydrogen) atoms. The lowest BCUT2D eigenvalue weighted by Crippen LogP contribution is -1.85. The average molecular weight is 393 g/mol. The molecule has 0 aliphatic rings. The number of rotatable bonds is 3. The van der Waals surface area contributed by atoms with Crippen LogP contribution in [0.2, 0.25) is 0 Å². The maximum absolute atomic E-state index is 4.82. The van der Waals surface area contributed by atoms with Gasteiger partial charge in [0.15, 0.2) is 17.1 Å². The average Bonchev–Trinajstić information content (AvgIpc) is 3.50. The SMILES string of the molecule is Cn1cc(-c2cnc3[nH]nc(-c4nc5c(-c6cccnc6)ccnc5[nH]4)c3c2)cn1. The molecular formula is C21H15N9. The van der Waals surface area contributed by atoms with Crippen LogP contribution in [0.1, 0.15) is 0 Å². The van der Waals surface area contributed by atoms with E-state index < -0.39 is 0 Å². The fourth-order valence-electron chi connectivity index (χ4n) is 3.59. The lowest BCUT2D eigenvalue weighted by atomic mass is 10.1. The fraction of sp³-hybridized carbons (Fsp3) is 0.0476. The van der Waals surface area contributed by atoms with Crippen LogP contribution in [0.3, 0.4) is 0 Å². The summed E-state index contributed by atoms with van der Waals surface area (Å²) < 4.78 is 1.76. The van der Waals surface area contributed by atoms with Gasteiger partial charge in [-0.25, -0.2) is 15.0 Å². The zero-order valence-corrected chi connectivity index (χ0v) is 15.9. The molecule has 0 atom stereocenters. The van der Waals surface area contributed by atoms with E-state index in [1.54, 1.807) is 17.1 Å². The van der Waals surface area contributed by atoms with Crippen LogP contribution in [0.4, 0.5) is 0 Å². The molecule has 0 aromatic carbocycles. The summed E-state index contributed by atoms with van der Waals surface area (Å²) in [5.74, 6) is 0.630. The van der Waals surface area contributed by atoms with Crippen LogP contribution in [0.15, 0.2) is 61.4 Å². The highest BCUT2D eigenvalue weighted by Crippen LogP contribution is 2.31. The van der Waals surface area contributed by atoms with Gasteiger partial charge in [-0.2, -0.15) is 10.2 Å². The lowest BCUT2D eigenvalue weighted by Gasteiger charge is -2.00. The molecule has 0 radical (unpaired) electrons. The minimum atomic E-state index is 0.630. The molecule has 9 nitrogen and oxygen atoms in total. The van der Waals surface area contributed by atoms with Gasteiger partial charge >= 0.3 is 0 Å². The molecule has 6 rings (SSSR count). The quantitative estimate of drug-likeness (QED) is 0.477. The Morgan fingerprint density at radius 3 is 2.73 bits per heavy atom. The number of nitrogens with one attached hydrogen (secondary N) is 2. The van der Waals surface area contributed by atoms with Crippen molar-refractivity contribution in [3.05, 3.63) is 61.4 Å². The van der Waals surface area contributed by atoms with Crippen LogP contribution in [-0.4, -0.2) is 44.9 Å². The van der Waals surface area contributed by atoms with Gasteiger partial charge in [-0.1, -0.05) is 6.07 Å². The first kappa shape index (κ1) is 16.5. The maximum atomic E-state index is 4.82. The Hall–Kier alpha value is -4.40. The van der Waals surface area contributed by atoms with Gasteiger partial charge in [0.2, 0.25) is 0 Å². The molecular weight excluding hydrogens is 378 g/mol. The molecule has 0 fully saturated rings. The number of hydrogen-bond donors (Lipinski definition) is 2. The third kappa shape index (κ3) is 2.56. The molecule has 0 aliphatic carbocycles. The molecule has 0 aliphatic heterocycles. The highest BCUT2D eigenvalue weighted by molar-refractivity contribution is 5.95. The standard InChI is InChI=1S/C21H15N9/c1-30-11-14(10-25-30)13-7-16-18(28-29-19(16)24-9-13)21-26-17-15(4-6-23-20(17)27-21)12-3-2-5-22-8-12/h2-11H,1H3,(H,23,26,27)(H,24,28,29). The molecule has 0 amide bonds. The molecule has 0 saturated carbocycles. The summed E-state index contributed by atoms with van der Waals surface area (Å²) in [7, 11) is 1.89. The molecule has 6 aromatic heterocycles. The molecule has 0 spiro atoms. The summed E-state index contributed by atoms with van der Waals surface area (Å²) in [5, 5.41) is 12.6. The number of imidazole rings is 1. The zero-order valence-electron chi connectivity index (χ0n) is 15.9. The Labute approximate surface area is 169 Å². The third-order valence-corrected chi connectivity index (χ3v) is 5.04. The van der Waals surface area contributed by atoms with Crippen LogP contribution in [-0.2, 0) is 7.05 Å². The molecule has 0 unspecified atom stereocenters. The predicted octanol–water partition coefficient (Wildman–Crippen LogP) is 3.36. The molecule has 2 N–H and O–H groups in total. The Bertz CT molecular complexity index is 1510. The van der Waals surface area contributed by atoms with E-state index in [4.69, 9.17) is 4.98 Å². The van der Waals surface area contributed by atoms with E-state index in [0.29, 0.717) is 22.8 Å². The van der Waals surface area contributed by atoms with Gasteiger partial charge in [-0.05, 0) is 18.2 Å². The van der Waals surface area contributed by atoms with Crippen LogP contribution in [0.5, 0.6) is 0 Å². The van der Waals surface area contributed by atoms with Crippen molar-refractivity contribution in [3.8, 4) is 33.8 Å². The van der Waals surface area contributed by atoms with Crippen molar-refractivity contribution in [2.24, 2.45) is 7.05 Å². The number of H-pyrrole nitrogens is 2. The number of aromatic nitrogens is 9. The molecule has 6 aromatic rings. The van der Waals surface area contributed by atoms with E-state index in [9.17, 15) is 0 Å². The molecule has 0 saturated heterocycles. The van der Waals surface area contributed by atoms with Crippen LogP contribution < -0.4 is 0 Å². The molecule has 9 heteroatoms. The first-order chi connectivity index (χ1) is 14.8. The monoisotopic (exact) mass is 393 g/mol. The topological polar surface area (TPSA) is 114 Å². The van der Waals surface area contributed by atoms with Gasteiger partial charge in [0, 0.05) is 60.3 Å². The van der Waals surface area contributed by atoms with E-state index in [2.05, 4.69) is 35.2 Å². The van der Waals surface area contributed by atoms with Crippen LogP contribution in [0.25, 0.3) is 56.0 Å². The summed E-state index contributed by atoms with van der Waals surface area (Å²) >= 11 is 0. The van der Waals surface area contributed by atoms with Crippen molar-refractivity contribution >= 4 is 22.2 Å². The normalized spacial score (nSPS) is 11.5. The van der Waals surface area contributed by atoms with Gasteiger partial charge in [0.25, 0.3) is 0 Å². The highest BCUT2D eigenvalue weighted by Gasteiger charge is 2.17. The second-order valence-electron chi connectivity index (χ2n) is 6.98. The number of hydrogen-bond acceptors (Lipinski definition) is 6. The largest absolute Gasteiger partial charge is 0.321 e. The van der Waals surface area contributed by atoms with Gasteiger partial charge in [-0.15, -0.1) is 0 Å². The summed E-state index contributed by atoms with van der Waals surface area (Å²) in [6.45, 7) is 0. The smallest absolute Gasteiger partial charge is 0.161 e. The van der Waals surface area contributed by atoms with Gasteiger partial charge in [-0.3, -0.25) is 14.8 Å². The molecule has 144 valence electrons. The summed E-state index contributed by atoms with van der Waals surface area (Å²) in [4.78, 5) is 21.3. The predicted molar refractivity (Wildman–Crippen MR) is 112 cm³/mol. The van der Waals surface area contributed by atoms with Gasteiger partial charge < -0.3 is 4.98 Å². The summed E-state index contributed by atoms with van der Waals surface area (Å²) in [6, 6.07) is 7.89. The number of aryl methyl sites for hydroxylation is 1. The summed E-state index contributed by atoms with van der Waals surface area (Å²) in [6.07, 6.45) is 10.9. The number of pyridine rings is 3. The second-order valence-corrected chi connectivity index (χ2v) is 6.98. The van der Waals surface area contributed by atoms with E-state index >= 15 is 0 Å². The van der Waals surface area contributed by atoms with E-state index in [0.717, 1.165) is 33.2 Å². The van der Waals surface area contributed by atoms with Gasteiger partial charge in [0.1, 0.15) is 11.2 Å². The Morgan fingerprint density at radius 2 is 1.90 bits per heavy atom. The number of nitrogens with zero attached hydrogens (tertiary/aromatic N) is 7. The van der Waals surface area contributed by atoms with Crippen molar-refractivity contribution in [1.29, 1.82) is 0 Å². The van der Waals surface area contributed by atoms with Crippen molar-refractivity contribution in [2.45, 2.75) is 0 Å². The first-order valence-electron chi connectivity index (χ1n) is 9.35. The Morgan fingerprint density at radius 1 is 0.933 bits per heavy atom. The summed E-state index contributed by atoms with van der Waals surface area (Å²) in [5.41, 5.74) is 6.75. The number of aromatic amines is 2. The third-order valence-electron chi connectivity index (χ3n) is 5.04.